The molecule has 2 aromatic rings. The highest BCUT2D eigenvalue weighted by Gasteiger charge is 2.20. The van der Waals surface area contributed by atoms with Crippen molar-refractivity contribution in [3.63, 3.8) is 0 Å². The first kappa shape index (κ1) is 19.1. The number of carbonyl (C=O) groups is 2. The van der Waals surface area contributed by atoms with Crippen molar-refractivity contribution in [1.82, 2.24) is 14.8 Å². The number of carbonyl (C=O) groups excluding carboxylic acids is 2. The quantitative estimate of drug-likeness (QED) is 0.823. The van der Waals surface area contributed by atoms with Crippen LogP contribution < -0.4 is 5.32 Å². The summed E-state index contributed by atoms with van der Waals surface area (Å²) >= 11 is 1.38. The summed E-state index contributed by atoms with van der Waals surface area (Å²) in [5.74, 6) is -0.375. The largest absolute Gasteiger partial charge is 0.328 e. The predicted molar refractivity (Wildman–Crippen MR) is 101 cm³/mol. The number of hydrogen-bond acceptors (Lipinski definition) is 5. The molecule has 0 saturated carbocycles. The zero-order valence-electron chi connectivity index (χ0n) is 15.1. The summed E-state index contributed by atoms with van der Waals surface area (Å²) in [5, 5.41) is 5.19. The lowest BCUT2D eigenvalue weighted by Gasteiger charge is -2.24. The Morgan fingerprint density at radius 1 is 1.16 bits per heavy atom. The highest BCUT2D eigenvalue weighted by atomic mass is 32.1. The summed E-state index contributed by atoms with van der Waals surface area (Å²) in [6.07, 6.45) is 0. The van der Waals surface area contributed by atoms with E-state index in [1.165, 1.54) is 11.3 Å². The van der Waals surface area contributed by atoms with Crippen molar-refractivity contribution in [2.45, 2.75) is 13.8 Å². The lowest BCUT2D eigenvalue weighted by atomic mass is 10.1. The fourth-order valence-corrected chi connectivity index (χ4v) is 3.00. The molecule has 134 valence electrons. The van der Waals surface area contributed by atoms with Crippen LogP contribution >= 0.6 is 11.3 Å². The van der Waals surface area contributed by atoms with Crippen LogP contribution in [0.25, 0.3) is 0 Å². The summed E-state index contributed by atoms with van der Waals surface area (Å²) in [5.41, 5.74) is 2.39. The van der Waals surface area contributed by atoms with Gasteiger partial charge in [0.25, 0.3) is 5.91 Å². The predicted octanol–water partition coefficient (Wildman–Crippen LogP) is 2.40. The first-order valence-electron chi connectivity index (χ1n) is 8.08. The lowest BCUT2D eigenvalue weighted by Crippen LogP contribution is -2.41. The molecule has 1 aromatic carbocycles. The Hall–Kier alpha value is -2.25. The smallest absolute Gasteiger partial charge is 0.254 e. The van der Waals surface area contributed by atoms with E-state index in [9.17, 15) is 9.59 Å². The molecule has 1 heterocycles. The summed E-state index contributed by atoms with van der Waals surface area (Å²) in [7, 11) is 3.88. The van der Waals surface area contributed by atoms with Gasteiger partial charge in [-0.25, -0.2) is 4.98 Å². The van der Waals surface area contributed by atoms with Gasteiger partial charge in [-0.2, -0.15) is 0 Å². The average molecular weight is 360 g/mol. The Kier molecular flexibility index (Phi) is 6.66. The second kappa shape index (κ2) is 8.73. The molecule has 25 heavy (non-hydrogen) atoms. The number of nitrogens with zero attached hydrogens (tertiary/aromatic N) is 3. The van der Waals surface area contributed by atoms with Crippen LogP contribution in [0.15, 0.2) is 29.6 Å². The van der Waals surface area contributed by atoms with Crippen molar-refractivity contribution >= 4 is 28.3 Å². The van der Waals surface area contributed by atoms with Crippen molar-refractivity contribution < 1.29 is 9.59 Å². The van der Waals surface area contributed by atoms with Gasteiger partial charge in [-0.05, 0) is 39.6 Å². The molecule has 0 saturated heterocycles. The molecule has 0 fully saturated rings. The molecule has 0 unspecified atom stereocenters. The van der Waals surface area contributed by atoms with E-state index in [0.29, 0.717) is 23.8 Å². The van der Waals surface area contributed by atoms with Crippen LogP contribution in [0.2, 0.25) is 0 Å². The second-order valence-electron chi connectivity index (χ2n) is 6.19. The molecule has 2 amide bonds. The molecule has 0 radical (unpaired) electrons. The summed E-state index contributed by atoms with van der Waals surface area (Å²) in [6, 6.07) is 7.43. The molecule has 0 aliphatic heterocycles. The highest BCUT2D eigenvalue weighted by molar-refractivity contribution is 7.13. The van der Waals surface area contributed by atoms with Gasteiger partial charge in [-0.15, -0.1) is 11.3 Å². The van der Waals surface area contributed by atoms with E-state index in [-0.39, 0.29) is 18.4 Å². The normalized spacial score (nSPS) is 10.8. The number of hydrogen-bond donors (Lipinski definition) is 1. The fraction of sp³-hybridized carbons (Fsp3) is 0.389. The minimum Gasteiger partial charge on any atom is -0.328 e. The highest BCUT2D eigenvalue weighted by Crippen LogP contribution is 2.15. The molecule has 2 rings (SSSR count). The lowest BCUT2D eigenvalue weighted by molar-refractivity contribution is -0.116. The number of aryl methyl sites for hydroxylation is 2. The van der Waals surface area contributed by atoms with E-state index >= 15 is 0 Å². The Labute approximate surface area is 152 Å². The van der Waals surface area contributed by atoms with Crippen LogP contribution in [0.4, 0.5) is 5.13 Å². The van der Waals surface area contributed by atoms with Crippen LogP contribution in [0, 0.1) is 13.8 Å². The number of anilines is 1. The van der Waals surface area contributed by atoms with Gasteiger partial charge in [0.05, 0.1) is 5.69 Å². The van der Waals surface area contributed by atoms with Crippen LogP contribution in [0.1, 0.15) is 21.6 Å². The maximum Gasteiger partial charge on any atom is 0.254 e. The van der Waals surface area contributed by atoms with Crippen molar-refractivity contribution in [2.24, 2.45) is 0 Å². The number of thiazole rings is 1. The summed E-state index contributed by atoms with van der Waals surface area (Å²) in [6.45, 7) is 4.93. The molecule has 0 bridgehead atoms. The second-order valence-corrected chi connectivity index (χ2v) is 7.05. The minimum absolute atomic E-state index is 0.000362. The number of amides is 2. The van der Waals surface area contributed by atoms with Crippen molar-refractivity contribution in [3.05, 3.63) is 46.5 Å². The van der Waals surface area contributed by atoms with Crippen LogP contribution in [0.3, 0.4) is 0 Å². The first-order chi connectivity index (χ1) is 11.9. The molecular weight excluding hydrogens is 336 g/mol. The van der Waals surface area contributed by atoms with Gasteiger partial charge < -0.3 is 15.1 Å². The number of likely N-dealkylation sites (N-methyl/N-ethyl adjacent to an activating group) is 1. The van der Waals surface area contributed by atoms with Crippen molar-refractivity contribution in [1.29, 1.82) is 0 Å². The maximum atomic E-state index is 12.9. The van der Waals surface area contributed by atoms with Gasteiger partial charge in [0, 0.05) is 24.0 Å². The first-order valence-corrected chi connectivity index (χ1v) is 8.96. The number of aromatic nitrogens is 1. The molecule has 0 atom stereocenters. The Balaban J connectivity index is 2.10. The van der Waals surface area contributed by atoms with Crippen LogP contribution in [-0.4, -0.2) is 60.3 Å². The molecule has 1 aromatic heterocycles. The third kappa shape index (κ3) is 5.65. The zero-order valence-corrected chi connectivity index (χ0v) is 15.9. The molecule has 1 N–H and O–H groups in total. The molecule has 7 heteroatoms. The molecule has 0 spiro atoms. The standard InChI is InChI=1S/C18H24N4O2S/c1-13-7-5-6-8-15(13)17(24)22(10-9-21(3)4)11-16(23)20-18-19-14(2)12-25-18/h5-8,12H,9-11H2,1-4H3,(H,19,20,23). The molecule has 0 aliphatic carbocycles. The SMILES string of the molecule is Cc1csc(NC(=O)CN(CCN(C)C)C(=O)c2ccccc2C)n1. The number of benzene rings is 1. The van der Waals surface area contributed by atoms with Gasteiger partial charge in [-0.1, -0.05) is 18.2 Å². The fourth-order valence-electron chi connectivity index (χ4n) is 2.30. The molecule has 0 aliphatic rings. The number of rotatable bonds is 7. The average Bonchev–Trinajstić information content (AvgIpc) is 2.96. The van der Waals surface area contributed by atoms with E-state index in [1.807, 2.05) is 56.4 Å². The van der Waals surface area contributed by atoms with Crippen LogP contribution in [0.5, 0.6) is 0 Å². The third-order valence-corrected chi connectivity index (χ3v) is 4.56. The maximum absolute atomic E-state index is 12.9. The Bertz CT molecular complexity index is 742. The topological polar surface area (TPSA) is 65.5 Å². The van der Waals surface area contributed by atoms with Gasteiger partial charge in [-0.3, -0.25) is 9.59 Å². The van der Waals surface area contributed by atoms with Gasteiger partial charge in [0.2, 0.25) is 5.91 Å². The van der Waals surface area contributed by atoms with E-state index in [4.69, 9.17) is 0 Å². The third-order valence-electron chi connectivity index (χ3n) is 3.68. The monoisotopic (exact) mass is 360 g/mol. The van der Waals surface area contributed by atoms with E-state index in [1.54, 1.807) is 11.0 Å². The van der Waals surface area contributed by atoms with Gasteiger partial charge in [0.15, 0.2) is 5.13 Å². The minimum atomic E-state index is -0.241. The summed E-state index contributed by atoms with van der Waals surface area (Å²) < 4.78 is 0. The van der Waals surface area contributed by atoms with E-state index in [2.05, 4.69) is 10.3 Å². The molecular formula is C18H24N4O2S. The van der Waals surface area contributed by atoms with Crippen LogP contribution in [-0.2, 0) is 4.79 Å². The van der Waals surface area contributed by atoms with E-state index < -0.39 is 0 Å². The van der Waals surface area contributed by atoms with Crippen molar-refractivity contribution in [3.8, 4) is 0 Å². The Morgan fingerprint density at radius 3 is 2.48 bits per heavy atom. The van der Waals surface area contributed by atoms with E-state index in [0.717, 1.165) is 11.3 Å². The van der Waals surface area contributed by atoms with Gasteiger partial charge in [0.1, 0.15) is 6.54 Å². The zero-order chi connectivity index (χ0) is 18.4. The number of nitrogens with one attached hydrogen (secondary N) is 1. The Morgan fingerprint density at radius 2 is 1.88 bits per heavy atom. The molecule has 6 nitrogen and oxygen atoms in total. The van der Waals surface area contributed by atoms with Gasteiger partial charge >= 0.3 is 0 Å². The summed E-state index contributed by atoms with van der Waals surface area (Å²) in [4.78, 5) is 33.0. The van der Waals surface area contributed by atoms with Crippen molar-refractivity contribution in [2.75, 3.05) is 39.0 Å².